The minimum Gasteiger partial charge on any atom is -0.477 e. The lowest BCUT2D eigenvalue weighted by molar-refractivity contribution is -0.117. The van der Waals surface area contributed by atoms with E-state index in [0.717, 1.165) is 11.6 Å². The van der Waals surface area contributed by atoms with Gasteiger partial charge in [0.15, 0.2) is 0 Å². The molecule has 0 saturated carbocycles. The molecule has 3 N–H and O–H groups in total. The van der Waals surface area contributed by atoms with Crippen LogP contribution in [0.15, 0.2) is 47.4 Å². The third-order valence-electron chi connectivity index (χ3n) is 6.38. The molecule has 0 atom stereocenters. The van der Waals surface area contributed by atoms with E-state index < -0.39 is 17.2 Å². The standard InChI is InChI=1S/C26H28FN5O4/c1-3-31-15-20(26(35)36)24(34)19-12-21(27)23(13-22(19)31)32-10-8-30(9-11-32)14-17-4-6-18(7-5-17)25(28)29-16(2)33/h4-7,12-13,15H,3,8-11,14H2,1-2H3,(H,35,36)(H2,28,29,33). The molecule has 1 aliphatic heterocycles. The number of amidine groups is 1. The number of aromatic nitrogens is 1. The summed E-state index contributed by atoms with van der Waals surface area (Å²) in [5.74, 6) is -2.10. The first-order valence-electron chi connectivity index (χ1n) is 11.7. The fourth-order valence-corrected chi connectivity index (χ4v) is 4.49. The van der Waals surface area contributed by atoms with Crippen LogP contribution in [0.4, 0.5) is 10.1 Å². The van der Waals surface area contributed by atoms with Gasteiger partial charge in [-0.25, -0.2) is 9.18 Å². The lowest BCUT2D eigenvalue weighted by Gasteiger charge is -2.36. The number of pyridine rings is 1. The molecule has 9 nitrogen and oxygen atoms in total. The largest absolute Gasteiger partial charge is 0.477 e. The number of carboxylic acids is 1. The quantitative estimate of drug-likeness (QED) is 0.359. The maximum atomic E-state index is 15.1. The second kappa shape index (κ2) is 10.3. The average molecular weight is 494 g/mol. The molecule has 2 heterocycles. The van der Waals surface area contributed by atoms with Gasteiger partial charge >= 0.3 is 5.97 Å². The highest BCUT2D eigenvalue weighted by Gasteiger charge is 2.22. The van der Waals surface area contributed by atoms with Gasteiger partial charge in [0.05, 0.1) is 11.2 Å². The van der Waals surface area contributed by atoms with Crippen LogP contribution in [-0.4, -0.2) is 58.5 Å². The summed E-state index contributed by atoms with van der Waals surface area (Å²) in [5, 5.41) is 19.8. The molecule has 4 rings (SSSR count). The number of nitrogens with zero attached hydrogens (tertiary/aromatic N) is 3. The fourth-order valence-electron chi connectivity index (χ4n) is 4.49. The zero-order chi connectivity index (χ0) is 26.0. The third-order valence-corrected chi connectivity index (χ3v) is 6.38. The molecule has 10 heteroatoms. The van der Waals surface area contributed by atoms with Crippen LogP contribution in [0.1, 0.15) is 35.3 Å². The van der Waals surface area contributed by atoms with Crippen molar-refractivity contribution >= 4 is 34.3 Å². The first-order valence-corrected chi connectivity index (χ1v) is 11.7. The highest BCUT2D eigenvalue weighted by molar-refractivity contribution is 6.05. The summed E-state index contributed by atoms with van der Waals surface area (Å²) in [7, 11) is 0. The van der Waals surface area contributed by atoms with Crippen LogP contribution in [0.5, 0.6) is 0 Å². The molecule has 0 aliphatic carbocycles. The Morgan fingerprint density at radius 1 is 1.11 bits per heavy atom. The normalized spacial score (nSPS) is 14.1. The Hall–Kier alpha value is -4.05. The molecule has 1 amide bonds. The van der Waals surface area contributed by atoms with E-state index in [2.05, 4.69) is 10.2 Å². The van der Waals surface area contributed by atoms with Crippen LogP contribution in [0, 0.1) is 11.2 Å². The lowest BCUT2D eigenvalue weighted by Crippen LogP contribution is -2.46. The monoisotopic (exact) mass is 493 g/mol. The van der Waals surface area contributed by atoms with E-state index in [1.54, 1.807) is 22.8 Å². The molecule has 0 radical (unpaired) electrons. The van der Waals surface area contributed by atoms with Gasteiger partial charge in [-0.05, 0) is 24.6 Å². The molecule has 36 heavy (non-hydrogen) atoms. The lowest BCUT2D eigenvalue weighted by atomic mass is 10.1. The summed E-state index contributed by atoms with van der Waals surface area (Å²) < 4.78 is 16.7. The summed E-state index contributed by atoms with van der Waals surface area (Å²) in [6, 6.07) is 10.2. The van der Waals surface area contributed by atoms with Crippen LogP contribution in [0.3, 0.4) is 0 Å². The van der Waals surface area contributed by atoms with Gasteiger partial charge < -0.3 is 19.9 Å². The zero-order valence-corrected chi connectivity index (χ0v) is 20.2. The molecule has 1 aliphatic rings. The van der Waals surface area contributed by atoms with Crippen LogP contribution >= 0.6 is 0 Å². The molecule has 1 saturated heterocycles. The van der Waals surface area contributed by atoms with Gasteiger partial charge in [0, 0.05) is 63.3 Å². The Labute approximate surface area is 207 Å². The van der Waals surface area contributed by atoms with Crippen LogP contribution < -0.4 is 15.6 Å². The summed E-state index contributed by atoms with van der Waals surface area (Å²) >= 11 is 0. The minimum absolute atomic E-state index is 0.0617. The summed E-state index contributed by atoms with van der Waals surface area (Å²) in [5.41, 5.74) is 1.55. The number of carbonyl (C=O) groups is 2. The topological polar surface area (TPSA) is 119 Å². The van der Waals surface area contributed by atoms with Crippen molar-refractivity contribution in [3.05, 3.63) is 75.3 Å². The van der Waals surface area contributed by atoms with Gasteiger partial charge in [0.25, 0.3) is 0 Å². The van der Waals surface area contributed by atoms with Crippen molar-refractivity contribution in [1.82, 2.24) is 14.8 Å². The number of piperazine rings is 1. The Morgan fingerprint density at radius 2 is 1.78 bits per heavy atom. The molecular weight excluding hydrogens is 465 g/mol. The summed E-state index contributed by atoms with van der Waals surface area (Å²) in [4.78, 5) is 39.4. The number of fused-ring (bicyclic) bond motifs is 1. The summed E-state index contributed by atoms with van der Waals surface area (Å²) in [6.45, 7) is 6.96. The second-order valence-corrected chi connectivity index (χ2v) is 8.80. The fraction of sp³-hybridized carbons (Fsp3) is 0.308. The van der Waals surface area contributed by atoms with E-state index in [1.807, 2.05) is 24.0 Å². The molecule has 188 valence electrons. The van der Waals surface area contributed by atoms with E-state index in [1.165, 1.54) is 13.1 Å². The smallest absolute Gasteiger partial charge is 0.341 e. The molecule has 0 spiro atoms. The maximum absolute atomic E-state index is 15.1. The third kappa shape index (κ3) is 5.13. The number of carbonyl (C=O) groups excluding carboxylic acids is 1. The number of aryl methyl sites for hydroxylation is 1. The minimum atomic E-state index is -1.33. The average Bonchev–Trinajstić information content (AvgIpc) is 2.84. The number of aromatic carboxylic acids is 1. The van der Waals surface area contributed by atoms with Gasteiger partial charge in [-0.3, -0.25) is 19.9 Å². The Morgan fingerprint density at radius 3 is 2.36 bits per heavy atom. The number of carboxylic acid groups (broad SMARTS) is 1. The Kier molecular flexibility index (Phi) is 7.16. The number of halogens is 1. The molecule has 2 aromatic carbocycles. The number of anilines is 1. The first-order chi connectivity index (χ1) is 17.2. The van der Waals surface area contributed by atoms with Crippen molar-refractivity contribution in [1.29, 1.82) is 5.41 Å². The Balaban J connectivity index is 1.47. The predicted octanol–water partition coefficient (Wildman–Crippen LogP) is 2.64. The van der Waals surface area contributed by atoms with E-state index >= 15 is 4.39 Å². The molecule has 3 aromatic rings. The van der Waals surface area contributed by atoms with Crippen molar-refractivity contribution in [2.75, 3.05) is 31.1 Å². The zero-order valence-electron chi connectivity index (χ0n) is 20.2. The van der Waals surface area contributed by atoms with Gasteiger partial charge in [0.1, 0.15) is 17.2 Å². The van der Waals surface area contributed by atoms with Gasteiger partial charge in [-0.1, -0.05) is 24.3 Å². The van der Waals surface area contributed by atoms with Crippen molar-refractivity contribution in [2.45, 2.75) is 26.9 Å². The maximum Gasteiger partial charge on any atom is 0.341 e. The number of benzene rings is 2. The molecular formula is C26H28FN5O4. The van der Waals surface area contributed by atoms with Crippen molar-refractivity contribution in [3.63, 3.8) is 0 Å². The number of hydrogen-bond acceptors (Lipinski definition) is 6. The van der Waals surface area contributed by atoms with Crippen LogP contribution in [0.2, 0.25) is 0 Å². The number of nitrogens with one attached hydrogen (secondary N) is 2. The van der Waals surface area contributed by atoms with E-state index in [0.29, 0.717) is 56.0 Å². The van der Waals surface area contributed by atoms with E-state index in [-0.39, 0.29) is 22.7 Å². The predicted molar refractivity (Wildman–Crippen MR) is 135 cm³/mol. The highest BCUT2D eigenvalue weighted by atomic mass is 19.1. The van der Waals surface area contributed by atoms with Gasteiger partial charge in [-0.15, -0.1) is 0 Å². The number of rotatable bonds is 6. The molecule has 0 unspecified atom stereocenters. The van der Waals surface area contributed by atoms with Crippen molar-refractivity contribution < 1.29 is 19.1 Å². The van der Waals surface area contributed by atoms with Crippen LogP contribution in [-0.2, 0) is 17.9 Å². The van der Waals surface area contributed by atoms with E-state index in [4.69, 9.17) is 5.41 Å². The van der Waals surface area contributed by atoms with Crippen molar-refractivity contribution in [2.24, 2.45) is 0 Å². The SMILES string of the molecule is CCn1cc(C(=O)O)c(=O)c2cc(F)c(N3CCN(Cc4ccc(C(=N)NC(C)=O)cc4)CC3)cc21. The van der Waals surface area contributed by atoms with Gasteiger partial charge in [-0.2, -0.15) is 0 Å². The van der Waals surface area contributed by atoms with Gasteiger partial charge in [0.2, 0.25) is 11.3 Å². The summed E-state index contributed by atoms with van der Waals surface area (Å²) in [6.07, 6.45) is 1.31. The number of hydrogen-bond donors (Lipinski definition) is 3. The highest BCUT2D eigenvalue weighted by Crippen LogP contribution is 2.26. The molecule has 1 fully saturated rings. The Bertz CT molecular complexity index is 1390. The number of amides is 1. The van der Waals surface area contributed by atoms with Crippen molar-refractivity contribution in [3.8, 4) is 0 Å². The first kappa shape index (κ1) is 25.1. The molecule has 1 aromatic heterocycles. The second-order valence-electron chi connectivity index (χ2n) is 8.80. The van der Waals surface area contributed by atoms with E-state index in [9.17, 15) is 19.5 Å². The molecule has 0 bridgehead atoms. The van der Waals surface area contributed by atoms with Crippen LogP contribution in [0.25, 0.3) is 10.9 Å².